The molecule has 0 aliphatic carbocycles. The van der Waals surface area contributed by atoms with Gasteiger partial charge in [0.2, 0.25) is 0 Å². The summed E-state index contributed by atoms with van der Waals surface area (Å²) >= 11 is 0. The molecule has 0 spiro atoms. The van der Waals surface area contributed by atoms with Crippen molar-refractivity contribution in [2.75, 3.05) is 0 Å². The largest absolute Gasteiger partial charge is 0.512 e. The van der Waals surface area contributed by atoms with Crippen LogP contribution in [-0.4, -0.2) is 20.4 Å². The van der Waals surface area contributed by atoms with Gasteiger partial charge in [0.25, 0.3) is 0 Å². The van der Waals surface area contributed by atoms with Gasteiger partial charge in [0.05, 0.1) is 5.76 Å². The molecule has 0 aliphatic heterocycles. The van der Waals surface area contributed by atoms with Crippen LogP contribution in [0.3, 0.4) is 0 Å². The predicted octanol–water partition coefficient (Wildman–Crippen LogP) is 10.5. The van der Waals surface area contributed by atoms with Crippen molar-refractivity contribution in [1.82, 2.24) is 0 Å². The number of aliphatic hydroxyl groups excluding tert-OH is 1. The van der Waals surface area contributed by atoms with Crippen molar-refractivity contribution in [1.29, 1.82) is 0 Å². The van der Waals surface area contributed by atoms with Crippen LogP contribution in [0.4, 0.5) is 0 Å². The molecule has 0 bridgehead atoms. The lowest BCUT2D eigenvalue weighted by Crippen LogP contribution is -2.05. The summed E-state index contributed by atoms with van der Waals surface area (Å²) in [6.07, 6.45) is 2.02. The van der Waals surface area contributed by atoms with E-state index in [2.05, 4.69) is 55.5 Å². The van der Waals surface area contributed by atoms with Crippen LogP contribution >= 0.6 is 0 Å². The van der Waals surface area contributed by atoms with Crippen LogP contribution in [0.2, 0.25) is 0 Å². The van der Waals surface area contributed by atoms with Gasteiger partial charge in [-0.1, -0.05) is 96.6 Å². The molecule has 4 nitrogen and oxygen atoms in total. The Morgan fingerprint density at radius 2 is 0.870 bits per heavy atom. The molecule has 1 atom stereocenters. The van der Waals surface area contributed by atoms with Gasteiger partial charge in [-0.15, -0.1) is 0 Å². The van der Waals surface area contributed by atoms with Gasteiger partial charge in [-0.05, 0) is 121 Å². The molecule has 0 saturated heterocycles. The minimum absolute atomic E-state index is 0.0479. The first-order chi connectivity index (χ1) is 21.9. The number of aryl methyl sites for hydroxylation is 3. The lowest BCUT2D eigenvalue weighted by Gasteiger charge is -2.22. The van der Waals surface area contributed by atoms with Crippen molar-refractivity contribution < 1.29 is 20.4 Å². The molecule has 0 radical (unpaired) electrons. The summed E-state index contributed by atoms with van der Waals surface area (Å²) in [5.74, 6) is 0.988. The molecule has 0 aliphatic rings. The van der Waals surface area contributed by atoms with Gasteiger partial charge in [-0.25, -0.2) is 0 Å². The smallest absolute Gasteiger partial charge is 0.118 e. The van der Waals surface area contributed by atoms with Crippen LogP contribution in [0.5, 0.6) is 17.2 Å². The Morgan fingerprint density at radius 1 is 0.500 bits per heavy atom. The first-order valence-electron chi connectivity index (χ1n) is 15.6. The van der Waals surface area contributed by atoms with E-state index in [-0.39, 0.29) is 29.1 Å². The van der Waals surface area contributed by atoms with Crippen molar-refractivity contribution >= 4 is 0 Å². The summed E-state index contributed by atoms with van der Waals surface area (Å²) in [5.41, 5.74) is 12.0. The Hall–Kier alpha value is -5.22. The Bertz CT molecular complexity index is 1870. The highest BCUT2D eigenvalue weighted by Gasteiger charge is 2.20. The number of hydrogen-bond acceptors (Lipinski definition) is 4. The zero-order chi connectivity index (χ0) is 33.1. The molecular formula is C42H42O4. The lowest BCUT2D eigenvalue weighted by atomic mass is 9.82. The molecule has 5 aromatic rings. The Labute approximate surface area is 272 Å². The number of aromatic hydroxyl groups is 3. The number of allylic oxidation sites excluding steroid dienone is 4. The molecule has 5 aromatic carbocycles. The number of phenols is 3. The fourth-order valence-electron chi connectivity index (χ4n) is 6.14. The number of hydrogen-bond donors (Lipinski definition) is 4. The predicted molar refractivity (Wildman–Crippen MR) is 188 cm³/mol. The fraction of sp³-hybridized carbons (Fsp3) is 0.190. The first kappa shape index (κ1) is 32.2. The van der Waals surface area contributed by atoms with Crippen molar-refractivity contribution in [3.05, 3.63) is 171 Å². The van der Waals surface area contributed by atoms with Gasteiger partial charge in [0.15, 0.2) is 0 Å². The number of aliphatic hydroxyl groups is 1. The van der Waals surface area contributed by atoms with Gasteiger partial charge in [-0.3, -0.25) is 0 Å². The van der Waals surface area contributed by atoms with E-state index in [1.165, 1.54) is 0 Å². The van der Waals surface area contributed by atoms with E-state index in [1.807, 2.05) is 70.2 Å². The summed E-state index contributed by atoms with van der Waals surface area (Å²) in [6.45, 7) is 11.4. The van der Waals surface area contributed by atoms with E-state index in [1.54, 1.807) is 25.1 Å². The molecule has 46 heavy (non-hydrogen) atoms. The summed E-state index contributed by atoms with van der Waals surface area (Å²) in [6, 6.07) is 34.4. The minimum Gasteiger partial charge on any atom is -0.512 e. The van der Waals surface area contributed by atoms with Crippen LogP contribution in [0.1, 0.15) is 77.1 Å². The number of rotatable bonds is 8. The van der Waals surface area contributed by atoms with E-state index in [0.717, 1.165) is 66.8 Å². The highest BCUT2D eigenvalue weighted by molar-refractivity contribution is 5.65. The lowest BCUT2D eigenvalue weighted by molar-refractivity contribution is 0.409. The van der Waals surface area contributed by atoms with E-state index in [4.69, 9.17) is 0 Å². The van der Waals surface area contributed by atoms with Crippen molar-refractivity contribution in [3.8, 4) is 28.4 Å². The zero-order valence-corrected chi connectivity index (χ0v) is 27.3. The van der Waals surface area contributed by atoms with Gasteiger partial charge >= 0.3 is 0 Å². The molecular weight excluding hydrogens is 568 g/mol. The molecule has 0 amide bonds. The maximum absolute atomic E-state index is 10.2. The fourth-order valence-corrected chi connectivity index (χ4v) is 6.14. The van der Waals surface area contributed by atoms with Crippen LogP contribution in [0.25, 0.3) is 11.1 Å². The number of benzene rings is 5. The third-order valence-electron chi connectivity index (χ3n) is 8.95. The van der Waals surface area contributed by atoms with Gasteiger partial charge < -0.3 is 20.4 Å². The highest BCUT2D eigenvalue weighted by Crippen LogP contribution is 2.38. The summed E-state index contributed by atoms with van der Waals surface area (Å²) in [5, 5.41) is 40.6. The Morgan fingerprint density at radius 3 is 1.28 bits per heavy atom. The molecule has 4 heteroatoms. The van der Waals surface area contributed by atoms with Gasteiger partial charge in [-0.2, -0.15) is 0 Å². The van der Waals surface area contributed by atoms with Crippen LogP contribution in [-0.2, 0) is 0 Å². The second-order valence-corrected chi connectivity index (χ2v) is 12.4. The van der Waals surface area contributed by atoms with Crippen molar-refractivity contribution in [2.24, 2.45) is 0 Å². The standard InChI is InChI=1S/C42H42O4/c1-25(30(6)43)21-29(5)41(35-15-18-38(44)26(2)22-35)33-11-7-31(8-12-33)32-9-13-34(14-10-32)42(36-16-19-39(45)27(3)23-36)37-17-20-40(46)28(4)24-37/h7-24,41-46H,1-6H3/b29-21+,30-25+. The molecule has 4 N–H and O–H groups in total. The molecule has 0 aromatic heterocycles. The van der Waals surface area contributed by atoms with Crippen LogP contribution in [0.15, 0.2) is 126 Å². The topological polar surface area (TPSA) is 80.9 Å². The SMILES string of the molecule is C/C(=C\C(C)=C(/C)O)C(c1ccc(-c2ccc(C(c3ccc(O)c(C)c3)c3ccc(O)c(C)c3)cc2)cc1)c1ccc(O)c(C)c1. The second-order valence-electron chi connectivity index (χ2n) is 12.4. The van der Waals surface area contributed by atoms with Crippen LogP contribution < -0.4 is 0 Å². The van der Waals surface area contributed by atoms with E-state index < -0.39 is 0 Å². The zero-order valence-electron chi connectivity index (χ0n) is 27.3. The second kappa shape index (κ2) is 13.4. The number of phenolic OH excluding ortho intramolecular Hbond substituents is 3. The van der Waals surface area contributed by atoms with E-state index >= 15 is 0 Å². The van der Waals surface area contributed by atoms with Gasteiger partial charge in [0.1, 0.15) is 17.2 Å². The minimum atomic E-state index is -0.0700. The van der Waals surface area contributed by atoms with Crippen molar-refractivity contribution in [2.45, 2.75) is 53.4 Å². The van der Waals surface area contributed by atoms with Crippen LogP contribution in [0, 0.1) is 20.8 Å². The molecule has 0 saturated carbocycles. The van der Waals surface area contributed by atoms with E-state index in [9.17, 15) is 20.4 Å². The van der Waals surface area contributed by atoms with E-state index in [0.29, 0.717) is 5.76 Å². The third kappa shape index (κ3) is 6.87. The maximum Gasteiger partial charge on any atom is 0.118 e. The third-order valence-corrected chi connectivity index (χ3v) is 8.95. The average molecular weight is 611 g/mol. The molecule has 1 unspecified atom stereocenters. The summed E-state index contributed by atoms with van der Waals surface area (Å²) in [4.78, 5) is 0. The first-order valence-corrected chi connectivity index (χ1v) is 15.6. The average Bonchev–Trinajstić information content (AvgIpc) is 3.03. The van der Waals surface area contributed by atoms with Gasteiger partial charge in [0, 0.05) is 11.8 Å². The molecule has 5 rings (SSSR count). The maximum atomic E-state index is 10.2. The Balaban J connectivity index is 1.50. The monoisotopic (exact) mass is 610 g/mol. The quantitative estimate of drug-likeness (QED) is 0.0800. The molecule has 234 valence electrons. The molecule has 0 fully saturated rings. The highest BCUT2D eigenvalue weighted by atomic mass is 16.3. The molecule has 0 heterocycles. The summed E-state index contributed by atoms with van der Waals surface area (Å²) < 4.78 is 0. The Kier molecular flexibility index (Phi) is 9.39. The summed E-state index contributed by atoms with van der Waals surface area (Å²) in [7, 11) is 0. The normalized spacial score (nSPS) is 13.1. The van der Waals surface area contributed by atoms with Crippen molar-refractivity contribution in [3.63, 3.8) is 0 Å².